The average molecular weight is 299 g/mol. The van der Waals surface area contributed by atoms with Crippen LogP contribution in [0, 0.1) is 0 Å². The van der Waals surface area contributed by atoms with Crippen LogP contribution in [0.2, 0.25) is 0 Å². The number of aromatic nitrogens is 6. The molecule has 8 nitrogen and oxygen atoms in total. The van der Waals surface area contributed by atoms with E-state index in [0.29, 0.717) is 17.3 Å². The van der Waals surface area contributed by atoms with E-state index in [2.05, 4.69) is 20.1 Å². The van der Waals surface area contributed by atoms with Crippen molar-refractivity contribution in [2.45, 2.75) is 6.54 Å². The molecule has 104 valence electrons. The van der Waals surface area contributed by atoms with E-state index in [1.807, 2.05) is 11.4 Å². The lowest BCUT2D eigenvalue weighted by atomic mass is 10.4. The zero-order chi connectivity index (χ0) is 14.4. The Bertz CT molecular complexity index is 1020. The number of anilines is 1. The maximum absolute atomic E-state index is 12.2. The summed E-state index contributed by atoms with van der Waals surface area (Å²) < 4.78 is 2.71. The van der Waals surface area contributed by atoms with Gasteiger partial charge in [0.05, 0.1) is 11.6 Å². The fourth-order valence-corrected chi connectivity index (χ4v) is 2.90. The maximum atomic E-state index is 12.2. The van der Waals surface area contributed by atoms with Crippen molar-refractivity contribution >= 4 is 33.0 Å². The van der Waals surface area contributed by atoms with Gasteiger partial charge < -0.3 is 5.73 Å². The Hall–Kier alpha value is -2.81. The molecule has 4 rings (SSSR count). The summed E-state index contributed by atoms with van der Waals surface area (Å²) in [6.45, 7) is 0.165. The Morgan fingerprint density at radius 3 is 3.10 bits per heavy atom. The minimum atomic E-state index is -0.263. The third kappa shape index (κ3) is 1.86. The lowest BCUT2D eigenvalue weighted by molar-refractivity contribution is 0.634. The van der Waals surface area contributed by atoms with Crippen molar-refractivity contribution < 1.29 is 0 Å². The van der Waals surface area contributed by atoms with Crippen molar-refractivity contribution in [1.82, 2.24) is 29.1 Å². The predicted octanol–water partition coefficient (Wildman–Crippen LogP) is 0.526. The molecular weight excluding hydrogens is 290 g/mol. The summed E-state index contributed by atoms with van der Waals surface area (Å²) in [6.07, 6.45) is 4.63. The highest BCUT2D eigenvalue weighted by Gasteiger charge is 2.11. The predicted molar refractivity (Wildman–Crippen MR) is 78.2 cm³/mol. The van der Waals surface area contributed by atoms with E-state index >= 15 is 0 Å². The third-order valence-electron chi connectivity index (χ3n) is 3.08. The number of nitrogens with zero attached hydrogens (tertiary/aromatic N) is 6. The van der Waals surface area contributed by atoms with Gasteiger partial charge in [0.25, 0.3) is 0 Å². The van der Waals surface area contributed by atoms with Gasteiger partial charge in [-0.3, -0.25) is 4.98 Å². The Labute approximate surface area is 121 Å². The summed E-state index contributed by atoms with van der Waals surface area (Å²) >= 11 is 1.48. The summed E-state index contributed by atoms with van der Waals surface area (Å²) in [5.74, 6) is 0.871. The molecule has 0 amide bonds. The van der Waals surface area contributed by atoms with Crippen LogP contribution in [-0.2, 0) is 6.54 Å². The molecule has 0 unspecified atom stereocenters. The van der Waals surface area contributed by atoms with Gasteiger partial charge in [-0.05, 0) is 11.4 Å². The molecule has 21 heavy (non-hydrogen) atoms. The molecule has 2 N–H and O–H groups in total. The third-order valence-corrected chi connectivity index (χ3v) is 3.89. The van der Waals surface area contributed by atoms with E-state index in [-0.39, 0.29) is 12.2 Å². The van der Waals surface area contributed by atoms with E-state index < -0.39 is 0 Å². The Kier molecular flexibility index (Phi) is 2.48. The van der Waals surface area contributed by atoms with Crippen molar-refractivity contribution in [3.05, 3.63) is 46.3 Å². The molecule has 4 aromatic heterocycles. The largest absolute Gasteiger partial charge is 0.383 e. The molecule has 4 heterocycles. The highest BCUT2D eigenvalue weighted by molar-refractivity contribution is 7.16. The first kappa shape index (κ1) is 12.0. The molecule has 9 heteroatoms. The molecule has 0 saturated carbocycles. The molecule has 0 fully saturated rings. The molecule has 0 radical (unpaired) electrons. The second-order valence-electron chi connectivity index (χ2n) is 4.41. The Morgan fingerprint density at radius 2 is 2.24 bits per heavy atom. The van der Waals surface area contributed by atoms with Crippen molar-refractivity contribution in [1.29, 1.82) is 0 Å². The van der Waals surface area contributed by atoms with Gasteiger partial charge in [-0.1, -0.05) is 0 Å². The van der Waals surface area contributed by atoms with Crippen molar-refractivity contribution in [2.24, 2.45) is 0 Å². The summed E-state index contributed by atoms with van der Waals surface area (Å²) in [5.41, 5.74) is 6.12. The fourth-order valence-electron chi connectivity index (χ4n) is 2.11. The summed E-state index contributed by atoms with van der Waals surface area (Å²) in [6, 6.07) is 1.88. The first-order chi connectivity index (χ1) is 10.2. The van der Waals surface area contributed by atoms with Crippen molar-refractivity contribution in [2.75, 3.05) is 5.73 Å². The highest BCUT2D eigenvalue weighted by atomic mass is 32.1. The highest BCUT2D eigenvalue weighted by Crippen LogP contribution is 2.22. The van der Waals surface area contributed by atoms with Crippen LogP contribution in [0.15, 0.2) is 34.8 Å². The summed E-state index contributed by atoms with van der Waals surface area (Å²) in [7, 11) is 0. The molecule has 0 aliphatic rings. The summed E-state index contributed by atoms with van der Waals surface area (Å²) in [5, 5.41) is 6.93. The molecule has 0 atom stereocenters. The number of nitrogens with two attached hydrogens (primary N) is 1. The number of nitrogen functional groups attached to an aromatic ring is 1. The van der Waals surface area contributed by atoms with Crippen LogP contribution < -0.4 is 11.4 Å². The number of hydrogen-bond acceptors (Lipinski definition) is 7. The van der Waals surface area contributed by atoms with E-state index in [4.69, 9.17) is 5.73 Å². The van der Waals surface area contributed by atoms with E-state index in [1.54, 1.807) is 6.20 Å². The van der Waals surface area contributed by atoms with Gasteiger partial charge in [0.1, 0.15) is 17.2 Å². The number of hydrogen-bond donors (Lipinski definition) is 1. The molecule has 0 aliphatic heterocycles. The van der Waals surface area contributed by atoms with Crippen LogP contribution in [0.4, 0.5) is 5.82 Å². The second kappa shape index (κ2) is 4.35. The molecule has 4 aromatic rings. The van der Waals surface area contributed by atoms with Crippen LogP contribution in [0.3, 0.4) is 0 Å². The quantitative estimate of drug-likeness (QED) is 0.579. The SMILES string of the molecule is Nc1nc(Cn2nc3cnccn3c2=O)nc2sccc12. The standard InChI is InChI=1S/C12H9N7OS/c13-10-7-1-4-21-11(7)16-8(15-10)6-19-12(20)18-3-2-14-5-9(18)17-19/h1-5H,6H2,(H2,13,15,16). The average Bonchev–Trinajstić information content (AvgIpc) is 3.06. The van der Waals surface area contributed by atoms with Crippen LogP contribution in [0.25, 0.3) is 15.9 Å². The summed E-state index contributed by atoms with van der Waals surface area (Å²) in [4.78, 5) is 25.6. The van der Waals surface area contributed by atoms with E-state index in [9.17, 15) is 4.79 Å². The lowest BCUT2D eigenvalue weighted by Crippen LogP contribution is -2.22. The van der Waals surface area contributed by atoms with Gasteiger partial charge in [-0.2, -0.15) is 0 Å². The monoisotopic (exact) mass is 299 g/mol. The van der Waals surface area contributed by atoms with E-state index in [0.717, 1.165) is 10.2 Å². The first-order valence-corrected chi connectivity index (χ1v) is 6.99. The first-order valence-electron chi connectivity index (χ1n) is 6.11. The van der Waals surface area contributed by atoms with E-state index in [1.165, 1.54) is 32.8 Å². The Balaban J connectivity index is 1.82. The number of fused-ring (bicyclic) bond motifs is 2. The normalized spacial score (nSPS) is 11.4. The van der Waals surface area contributed by atoms with Gasteiger partial charge in [0.15, 0.2) is 11.5 Å². The van der Waals surface area contributed by atoms with Gasteiger partial charge in [0, 0.05) is 12.4 Å². The second-order valence-corrected chi connectivity index (χ2v) is 5.30. The van der Waals surface area contributed by atoms with Crippen molar-refractivity contribution in [3.63, 3.8) is 0 Å². The van der Waals surface area contributed by atoms with Gasteiger partial charge in [-0.15, -0.1) is 16.4 Å². The lowest BCUT2D eigenvalue weighted by Gasteiger charge is -2.01. The van der Waals surface area contributed by atoms with Crippen molar-refractivity contribution in [3.8, 4) is 0 Å². The van der Waals surface area contributed by atoms with Gasteiger partial charge in [-0.25, -0.2) is 23.8 Å². The number of rotatable bonds is 2. The Morgan fingerprint density at radius 1 is 1.33 bits per heavy atom. The molecule has 0 spiro atoms. The van der Waals surface area contributed by atoms with Gasteiger partial charge >= 0.3 is 5.69 Å². The topological polar surface area (TPSA) is 104 Å². The fraction of sp³-hybridized carbons (Fsp3) is 0.0833. The maximum Gasteiger partial charge on any atom is 0.350 e. The molecular formula is C12H9N7OS. The smallest absolute Gasteiger partial charge is 0.350 e. The van der Waals surface area contributed by atoms with Crippen LogP contribution in [-0.4, -0.2) is 29.1 Å². The molecule has 0 aliphatic carbocycles. The minimum absolute atomic E-state index is 0.165. The molecule has 0 aromatic carbocycles. The zero-order valence-corrected chi connectivity index (χ0v) is 11.5. The van der Waals surface area contributed by atoms with Crippen LogP contribution >= 0.6 is 11.3 Å². The van der Waals surface area contributed by atoms with Gasteiger partial charge in [0.2, 0.25) is 0 Å². The molecule has 0 saturated heterocycles. The number of thiophene rings is 1. The molecule has 0 bridgehead atoms. The van der Waals surface area contributed by atoms with Crippen LogP contribution in [0.5, 0.6) is 0 Å². The zero-order valence-electron chi connectivity index (χ0n) is 10.7. The van der Waals surface area contributed by atoms with Crippen LogP contribution in [0.1, 0.15) is 5.82 Å². The minimum Gasteiger partial charge on any atom is -0.383 e.